The molecule has 0 fully saturated rings. The monoisotopic (exact) mass is 406 g/mol. The van der Waals surface area contributed by atoms with Crippen LogP contribution in [0, 0.1) is 11.8 Å². The number of carbonyl (C=O) groups excluding carboxylic acids is 1. The lowest BCUT2D eigenvalue weighted by molar-refractivity contribution is -0.136. The van der Waals surface area contributed by atoms with E-state index in [4.69, 9.17) is 18.6 Å². The fourth-order valence-corrected chi connectivity index (χ4v) is 3.34. The van der Waals surface area contributed by atoms with Crippen molar-refractivity contribution in [1.82, 2.24) is 0 Å². The van der Waals surface area contributed by atoms with E-state index in [1.807, 2.05) is 24.3 Å². The van der Waals surface area contributed by atoms with Gasteiger partial charge in [0.1, 0.15) is 11.9 Å². The predicted octanol–water partition coefficient (Wildman–Crippen LogP) is 4.56. The quantitative estimate of drug-likeness (QED) is 0.198. The molecule has 0 aromatic heterocycles. The second-order valence-electron chi connectivity index (χ2n) is 8.05. The molecule has 0 radical (unpaired) electrons. The second-order valence-corrected chi connectivity index (χ2v) is 12.8. The fourth-order valence-electron chi connectivity index (χ4n) is 2.10. The van der Waals surface area contributed by atoms with Crippen molar-refractivity contribution >= 4 is 14.3 Å². The lowest BCUT2D eigenvalue weighted by atomic mass is 10.2. The lowest BCUT2D eigenvalue weighted by Crippen LogP contribution is -2.44. The Morgan fingerprint density at radius 1 is 1.18 bits per heavy atom. The first-order valence-electron chi connectivity index (χ1n) is 9.66. The molecule has 0 saturated carbocycles. The van der Waals surface area contributed by atoms with E-state index in [-0.39, 0.29) is 11.1 Å². The zero-order chi connectivity index (χ0) is 21.2. The SMILES string of the molecule is CCOC(=O)C#C[C@@H](CCOCc1ccc(OC)cc1)O[Si](C)(C)C(C)(C)C. The maximum absolute atomic E-state index is 11.6. The van der Waals surface area contributed by atoms with Crippen LogP contribution in [0.5, 0.6) is 5.75 Å². The number of methoxy groups -OCH3 is 1. The third-order valence-electron chi connectivity index (χ3n) is 4.81. The molecule has 1 atom stereocenters. The minimum absolute atomic E-state index is 0.0564. The Morgan fingerprint density at radius 2 is 1.82 bits per heavy atom. The minimum Gasteiger partial charge on any atom is -0.497 e. The lowest BCUT2D eigenvalue weighted by Gasteiger charge is -2.38. The average molecular weight is 407 g/mol. The first-order chi connectivity index (χ1) is 13.1. The molecular weight excluding hydrogens is 372 g/mol. The number of esters is 1. The molecule has 0 spiro atoms. The zero-order valence-corrected chi connectivity index (χ0v) is 19.3. The molecule has 0 unspecified atom stereocenters. The van der Waals surface area contributed by atoms with E-state index < -0.39 is 14.3 Å². The van der Waals surface area contributed by atoms with Crippen molar-refractivity contribution in [1.29, 1.82) is 0 Å². The van der Waals surface area contributed by atoms with Crippen molar-refractivity contribution < 1.29 is 23.4 Å². The molecule has 0 heterocycles. The Morgan fingerprint density at radius 3 is 2.36 bits per heavy atom. The first-order valence-corrected chi connectivity index (χ1v) is 12.6. The van der Waals surface area contributed by atoms with Crippen LogP contribution in [-0.2, 0) is 25.3 Å². The summed E-state index contributed by atoms with van der Waals surface area (Å²) in [5, 5.41) is 0.0564. The van der Waals surface area contributed by atoms with Crippen LogP contribution in [0.4, 0.5) is 0 Å². The smallest absolute Gasteiger partial charge is 0.384 e. The fraction of sp³-hybridized carbons (Fsp3) is 0.591. The van der Waals surface area contributed by atoms with Crippen molar-refractivity contribution in [3.05, 3.63) is 29.8 Å². The summed E-state index contributed by atoms with van der Waals surface area (Å²) in [4.78, 5) is 11.6. The molecule has 0 aliphatic carbocycles. The van der Waals surface area contributed by atoms with E-state index >= 15 is 0 Å². The summed E-state index contributed by atoms with van der Waals surface area (Å²) in [6.45, 7) is 13.9. The summed E-state index contributed by atoms with van der Waals surface area (Å²) in [7, 11) is -0.373. The highest BCUT2D eigenvalue weighted by Crippen LogP contribution is 2.37. The predicted molar refractivity (Wildman–Crippen MR) is 114 cm³/mol. The van der Waals surface area contributed by atoms with Gasteiger partial charge in [-0.15, -0.1) is 0 Å². The van der Waals surface area contributed by atoms with Gasteiger partial charge in [0.05, 0.1) is 26.9 Å². The van der Waals surface area contributed by atoms with Gasteiger partial charge in [0.15, 0.2) is 8.32 Å². The largest absolute Gasteiger partial charge is 0.497 e. The number of ether oxygens (including phenoxy) is 3. The maximum atomic E-state index is 11.6. The molecule has 1 rings (SSSR count). The van der Waals surface area contributed by atoms with Crippen molar-refractivity contribution in [3.8, 4) is 17.6 Å². The van der Waals surface area contributed by atoms with Crippen LogP contribution < -0.4 is 4.74 Å². The number of carbonyl (C=O) groups is 1. The summed E-state index contributed by atoms with van der Waals surface area (Å²) in [5.41, 5.74) is 1.07. The highest BCUT2D eigenvalue weighted by atomic mass is 28.4. The molecule has 5 nitrogen and oxygen atoms in total. The molecule has 0 bridgehead atoms. The van der Waals surface area contributed by atoms with E-state index in [1.165, 1.54) is 0 Å². The molecule has 28 heavy (non-hydrogen) atoms. The van der Waals surface area contributed by atoms with Crippen LogP contribution >= 0.6 is 0 Å². The van der Waals surface area contributed by atoms with Crippen LogP contribution in [0.2, 0.25) is 18.1 Å². The van der Waals surface area contributed by atoms with Gasteiger partial charge in [-0.1, -0.05) is 38.8 Å². The molecule has 6 heteroatoms. The van der Waals surface area contributed by atoms with Crippen molar-refractivity contribution in [2.24, 2.45) is 0 Å². The number of hydrogen-bond donors (Lipinski definition) is 0. The normalized spacial score (nSPS) is 12.7. The van der Waals surface area contributed by atoms with Crippen LogP contribution in [0.3, 0.4) is 0 Å². The molecule has 156 valence electrons. The zero-order valence-electron chi connectivity index (χ0n) is 18.3. The Bertz CT molecular complexity index is 665. The van der Waals surface area contributed by atoms with Gasteiger partial charge in [0.25, 0.3) is 0 Å². The van der Waals surface area contributed by atoms with Crippen molar-refractivity contribution in [2.45, 2.75) is 65.0 Å². The van der Waals surface area contributed by atoms with E-state index in [0.717, 1.165) is 11.3 Å². The molecule has 0 aliphatic rings. The van der Waals surface area contributed by atoms with Gasteiger partial charge in [0.2, 0.25) is 0 Å². The van der Waals surface area contributed by atoms with Gasteiger partial charge in [-0.05, 0) is 42.8 Å². The van der Waals surface area contributed by atoms with Crippen molar-refractivity contribution in [2.75, 3.05) is 20.3 Å². The molecule has 1 aromatic rings. The topological polar surface area (TPSA) is 54.0 Å². The van der Waals surface area contributed by atoms with Gasteiger partial charge in [0, 0.05) is 12.3 Å². The minimum atomic E-state index is -2.02. The van der Waals surface area contributed by atoms with E-state index in [2.05, 4.69) is 45.7 Å². The summed E-state index contributed by atoms with van der Waals surface area (Å²) in [5.74, 6) is 5.78. The molecule has 0 aliphatic heterocycles. The van der Waals surface area contributed by atoms with Crippen LogP contribution in [-0.4, -0.2) is 40.7 Å². The molecule has 0 N–H and O–H groups in total. The highest BCUT2D eigenvalue weighted by molar-refractivity contribution is 6.74. The molecule has 0 saturated heterocycles. The third-order valence-corrected chi connectivity index (χ3v) is 9.29. The summed E-state index contributed by atoms with van der Waals surface area (Å²) in [6, 6.07) is 7.77. The van der Waals surface area contributed by atoms with E-state index in [9.17, 15) is 4.79 Å². The Hall–Kier alpha value is -1.81. The molecule has 0 amide bonds. The summed E-state index contributed by atoms with van der Waals surface area (Å²) in [6.07, 6.45) is 0.232. The van der Waals surface area contributed by atoms with Gasteiger partial charge < -0.3 is 18.6 Å². The van der Waals surface area contributed by atoms with Crippen molar-refractivity contribution in [3.63, 3.8) is 0 Å². The van der Waals surface area contributed by atoms with Gasteiger partial charge >= 0.3 is 5.97 Å². The van der Waals surface area contributed by atoms with E-state index in [0.29, 0.717) is 26.2 Å². The standard InChI is InChI=1S/C22H34O5Si/c1-8-26-21(23)14-13-20(27-28(6,7)22(2,3)4)15-16-25-17-18-9-11-19(24-5)12-10-18/h9-12,20H,8,15-17H2,1-7H3/t20-/m0/s1. The van der Waals surface area contributed by atoms with Gasteiger partial charge in [-0.2, -0.15) is 0 Å². The highest BCUT2D eigenvalue weighted by Gasteiger charge is 2.38. The van der Waals surface area contributed by atoms with Gasteiger partial charge in [-0.25, -0.2) is 4.79 Å². The number of hydrogen-bond acceptors (Lipinski definition) is 5. The molecular formula is C22H34O5Si. The second kappa shape index (κ2) is 11.3. The first kappa shape index (κ1) is 24.2. The Balaban J connectivity index is 2.66. The van der Waals surface area contributed by atoms with E-state index in [1.54, 1.807) is 14.0 Å². The third kappa shape index (κ3) is 8.47. The number of rotatable bonds is 9. The van der Waals surface area contributed by atoms with Gasteiger partial charge in [-0.3, -0.25) is 0 Å². The molecule has 1 aromatic carbocycles. The maximum Gasteiger partial charge on any atom is 0.384 e. The summed E-state index contributed by atoms with van der Waals surface area (Å²) < 4.78 is 22.2. The Kier molecular flexibility index (Phi) is 9.74. The van der Waals surface area contributed by atoms with Crippen LogP contribution in [0.15, 0.2) is 24.3 Å². The summed E-state index contributed by atoms with van der Waals surface area (Å²) >= 11 is 0. The Labute approximate surface area is 170 Å². The average Bonchev–Trinajstić information content (AvgIpc) is 2.62. The van der Waals surface area contributed by atoms with Crippen LogP contribution in [0.25, 0.3) is 0 Å². The van der Waals surface area contributed by atoms with Crippen LogP contribution in [0.1, 0.15) is 39.7 Å². The number of benzene rings is 1.